The molecule has 0 radical (unpaired) electrons. The zero-order chi connectivity index (χ0) is 12.6. The summed E-state index contributed by atoms with van der Waals surface area (Å²) in [7, 11) is -3.44. The van der Waals surface area contributed by atoms with Gasteiger partial charge in [0.05, 0.1) is 4.90 Å². The average molecular weight is 262 g/mol. The lowest BCUT2D eigenvalue weighted by atomic mass is 10.1. The van der Waals surface area contributed by atoms with Gasteiger partial charge in [0.15, 0.2) is 0 Å². The third-order valence-electron chi connectivity index (χ3n) is 3.14. The summed E-state index contributed by atoms with van der Waals surface area (Å²) in [5.74, 6) is 0. The van der Waals surface area contributed by atoms with Crippen LogP contribution >= 0.6 is 0 Å². The molecule has 2 aromatic carbocycles. The maximum atomic E-state index is 12.3. The highest BCUT2D eigenvalue weighted by Gasteiger charge is 2.25. The van der Waals surface area contributed by atoms with Crippen molar-refractivity contribution in [3.05, 3.63) is 42.5 Å². The first-order valence-corrected chi connectivity index (χ1v) is 7.36. The number of benzene rings is 2. The molecular weight excluding hydrogens is 248 g/mol. The molecular formula is C13H14N2O2S. The van der Waals surface area contributed by atoms with Gasteiger partial charge in [-0.05, 0) is 11.5 Å². The largest absolute Gasteiger partial charge is 0.313 e. The number of nitrogens with one attached hydrogen (secondary N) is 2. The number of rotatable bonds is 3. The Balaban J connectivity index is 2.07. The van der Waals surface area contributed by atoms with E-state index in [9.17, 15) is 8.42 Å². The molecule has 2 aromatic rings. The van der Waals surface area contributed by atoms with Gasteiger partial charge in [0.25, 0.3) is 0 Å². The first kappa shape index (κ1) is 11.6. The number of sulfonamides is 1. The predicted octanol–water partition coefficient (Wildman–Crippen LogP) is 1.09. The van der Waals surface area contributed by atoms with Crippen molar-refractivity contribution in [3.63, 3.8) is 0 Å². The van der Waals surface area contributed by atoms with Gasteiger partial charge in [-0.3, -0.25) is 0 Å². The van der Waals surface area contributed by atoms with Gasteiger partial charge in [0.1, 0.15) is 0 Å². The van der Waals surface area contributed by atoms with Crippen LogP contribution in [0.5, 0.6) is 0 Å². The van der Waals surface area contributed by atoms with Crippen LogP contribution in [0.15, 0.2) is 47.4 Å². The van der Waals surface area contributed by atoms with Crippen molar-refractivity contribution >= 4 is 20.8 Å². The van der Waals surface area contributed by atoms with Gasteiger partial charge in [-0.15, -0.1) is 0 Å². The Morgan fingerprint density at radius 3 is 2.50 bits per heavy atom. The Labute approximate surface area is 106 Å². The van der Waals surface area contributed by atoms with E-state index in [1.165, 1.54) is 0 Å². The molecule has 1 aliphatic rings. The van der Waals surface area contributed by atoms with Crippen LogP contribution in [0.25, 0.3) is 10.8 Å². The maximum Gasteiger partial charge on any atom is 0.241 e. The third-order valence-corrected chi connectivity index (χ3v) is 4.72. The van der Waals surface area contributed by atoms with Crippen molar-refractivity contribution in [2.75, 3.05) is 13.1 Å². The van der Waals surface area contributed by atoms with Gasteiger partial charge in [0.2, 0.25) is 10.0 Å². The normalized spacial score (nSPS) is 16.7. The van der Waals surface area contributed by atoms with E-state index in [1.54, 1.807) is 12.1 Å². The van der Waals surface area contributed by atoms with Crippen LogP contribution in [-0.2, 0) is 10.0 Å². The molecule has 3 rings (SSSR count). The summed E-state index contributed by atoms with van der Waals surface area (Å²) in [6.07, 6.45) is 0. The van der Waals surface area contributed by atoms with E-state index in [-0.39, 0.29) is 6.04 Å². The average Bonchev–Trinajstić information content (AvgIpc) is 2.33. The monoisotopic (exact) mass is 262 g/mol. The molecule has 1 saturated heterocycles. The molecule has 1 fully saturated rings. The van der Waals surface area contributed by atoms with Gasteiger partial charge in [-0.1, -0.05) is 36.4 Å². The van der Waals surface area contributed by atoms with Crippen LogP contribution in [-0.4, -0.2) is 27.5 Å². The molecule has 5 heteroatoms. The Bertz CT molecular complexity index is 673. The first-order chi connectivity index (χ1) is 8.67. The Kier molecular flexibility index (Phi) is 2.81. The Morgan fingerprint density at radius 2 is 1.78 bits per heavy atom. The van der Waals surface area contributed by atoms with E-state index in [1.807, 2.05) is 30.3 Å². The zero-order valence-electron chi connectivity index (χ0n) is 9.76. The van der Waals surface area contributed by atoms with Crippen LogP contribution in [0.4, 0.5) is 0 Å². The van der Waals surface area contributed by atoms with Crippen molar-refractivity contribution in [3.8, 4) is 0 Å². The fourth-order valence-corrected chi connectivity index (χ4v) is 3.55. The molecule has 0 bridgehead atoms. The smallest absolute Gasteiger partial charge is 0.241 e. The second-order valence-corrected chi connectivity index (χ2v) is 6.14. The third kappa shape index (κ3) is 2.01. The van der Waals surface area contributed by atoms with Crippen LogP contribution in [0, 0.1) is 0 Å². The summed E-state index contributed by atoms with van der Waals surface area (Å²) >= 11 is 0. The molecule has 0 atom stereocenters. The van der Waals surface area contributed by atoms with E-state index in [0.29, 0.717) is 18.0 Å². The number of fused-ring (bicyclic) bond motifs is 1. The van der Waals surface area contributed by atoms with Gasteiger partial charge in [-0.2, -0.15) is 0 Å². The minimum atomic E-state index is -3.44. The highest BCUT2D eigenvalue weighted by atomic mass is 32.2. The van der Waals surface area contributed by atoms with Crippen molar-refractivity contribution < 1.29 is 8.42 Å². The van der Waals surface area contributed by atoms with E-state index in [4.69, 9.17) is 0 Å². The number of hydrogen-bond donors (Lipinski definition) is 2. The fourth-order valence-electron chi connectivity index (χ4n) is 2.08. The molecule has 94 valence electrons. The highest BCUT2D eigenvalue weighted by Crippen LogP contribution is 2.22. The highest BCUT2D eigenvalue weighted by molar-refractivity contribution is 7.89. The lowest BCUT2D eigenvalue weighted by molar-refractivity contribution is 0.410. The minimum Gasteiger partial charge on any atom is -0.313 e. The quantitative estimate of drug-likeness (QED) is 0.870. The lowest BCUT2D eigenvalue weighted by Crippen LogP contribution is -2.56. The summed E-state index contributed by atoms with van der Waals surface area (Å²) in [5, 5.41) is 4.75. The molecule has 2 N–H and O–H groups in total. The standard InChI is InChI=1S/C13H14N2O2S/c16-18(17,15-11-8-14-9-11)13-7-3-5-10-4-1-2-6-12(10)13/h1-7,11,14-15H,8-9H2. The van der Waals surface area contributed by atoms with Crippen molar-refractivity contribution in [1.29, 1.82) is 0 Å². The Hall–Kier alpha value is -1.43. The first-order valence-electron chi connectivity index (χ1n) is 5.88. The molecule has 0 saturated carbocycles. The predicted molar refractivity (Wildman–Crippen MR) is 70.9 cm³/mol. The molecule has 0 spiro atoms. The lowest BCUT2D eigenvalue weighted by Gasteiger charge is -2.27. The van der Waals surface area contributed by atoms with Crippen molar-refractivity contribution in [2.45, 2.75) is 10.9 Å². The summed E-state index contributed by atoms with van der Waals surface area (Å²) < 4.78 is 27.3. The second kappa shape index (κ2) is 4.35. The summed E-state index contributed by atoms with van der Waals surface area (Å²) in [5.41, 5.74) is 0. The molecule has 0 amide bonds. The topological polar surface area (TPSA) is 58.2 Å². The zero-order valence-corrected chi connectivity index (χ0v) is 10.6. The van der Waals surface area contributed by atoms with Crippen molar-refractivity contribution in [1.82, 2.24) is 10.0 Å². The molecule has 18 heavy (non-hydrogen) atoms. The summed E-state index contributed by atoms with van der Waals surface area (Å²) in [6, 6.07) is 12.9. The van der Waals surface area contributed by atoms with Gasteiger partial charge < -0.3 is 5.32 Å². The van der Waals surface area contributed by atoms with E-state index < -0.39 is 10.0 Å². The number of hydrogen-bond acceptors (Lipinski definition) is 3. The van der Waals surface area contributed by atoms with Gasteiger partial charge in [-0.25, -0.2) is 13.1 Å². The Morgan fingerprint density at radius 1 is 1.06 bits per heavy atom. The molecule has 1 aliphatic heterocycles. The molecule has 0 aliphatic carbocycles. The van der Waals surface area contributed by atoms with Crippen LogP contribution < -0.4 is 10.0 Å². The SMILES string of the molecule is O=S(=O)(NC1CNC1)c1cccc2ccccc12. The van der Waals surface area contributed by atoms with E-state index in [0.717, 1.165) is 10.8 Å². The molecule has 1 heterocycles. The summed E-state index contributed by atoms with van der Waals surface area (Å²) in [4.78, 5) is 0.354. The second-order valence-electron chi connectivity index (χ2n) is 4.45. The molecule has 0 aromatic heterocycles. The fraction of sp³-hybridized carbons (Fsp3) is 0.231. The van der Waals surface area contributed by atoms with E-state index >= 15 is 0 Å². The van der Waals surface area contributed by atoms with Crippen LogP contribution in [0.2, 0.25) is 0 Å². The van der Waals surface area contributed by atoms with Crippen LogP contribution in [0.1, 0.15) is 0 Å². The van der Waals surface area contributed by atoms with Crippen molar-refractivity contribution in [2.24, 2.45) is 0 Å². The molecule has 0 unspecified atom stereocenters. The van der Waals surface area contributed by atoms with Gasteiger partial charge in [0, 0.05) is 24.5 Å². The van der Waals surface area contributed by atoms with Crippen LogP contribution in [0.3, 0.4) is 0 Å². The molecule has 4 nitrogen and oxygen atoms in total. The minimum absolute atomic E-state index is 0.00830. The van der Waals surface area contributed by atoms with Gasteiger partial charge >= 0.3 is 0 Å². The maximum absolute atomic E-state index is 12.3. The summed E-state index contributed by atoms with van der Waals surface area (Å²) in [6.45, 7) is 1.40. The van der Waals surface area contributed by atoms with E-state index in [2.05, 4.69) is 10.0 Å².